The summed E-state index contributed by atoms with van der Waals surface area (Å²) in [4.78, 5) is 14.5. The minimum atomic E-state index is -3.75. The van der Waals surface area contributed by atoms with Crippen LogP contribution in [-0.4, -0.2) is 44.2 Å². The van der Waals surface area contributed by atoms with Gasteiger partial charge in [0.25, 0.3) is 15.9 Å². The molecule has 0 aliphatic carbocycles. The van der Waals surface area contributed by atoms with Crippen molar-refractivity contribution < 1.29 is 13.2 Å². The lowest BCUT2D eigenvalue weighted by Gasteiger charge is -2.27. The predicted octanol–water partition coefficient (Wildman–Crippen LogP) is 2.20. The first-order valence-electron chi connectivity index (χ1n) is 6.77. The molecule has 116 valence electrons. The number of benzene rings is 1. The third kappa shape index (κ3) is 2.35. The molecule has 22 heavy (non-hydrogen) atoms. The molecule has 0 fully saturated rings. The van der Waals surface area contributed by atoms with Crippen molar-refractivity contribution in [3.8, 4) is 0 Å². The summed E-state index contributed by atoms with van der Waals surface area (Å²) < 4.78 is 26.2. The third-order valence-corrected chi connectivity index (χ3v) is 6.31. The van der Waals surface area contributed by atoms with E-state index in [0.717, 1.165) is 9.87 Å². The lowest BCUT2D eigenvalue weighted by atomic mass is 10.1. The summed E-state index contributed by atoms with van der Waals surface area (Å²) in [7, 11) is 0.000539. The van der Waals surface area contributed by atoms with E-state index in [9.17, 15) is 13.2 Å². The number of sulfonamides is 1. The van der Waals surface area contributed by atoms with Crippen LogP contribution in [0.1, 0.15) is 22.0 Å². The summed E-state index contributed by atoms with van der Waals surface area (Å²) >= 11 is 1.55. The second kappa shape index (κ2) is 5.49. The average molecular weight is 336 g/mol. The van der Waals surface area contributed by atoms with Gasteiger partial charge in [0.2, 0.25) is 0 Å². The van der Waals surface area contributed by atoms with E-state index >= 15 is 0 Å². The molecule has 1 atom stereocenters. The van der Waals surface area contributed by atoms with Crippen LogP contribution < -0.4 is 0 Å². The first-order valence-corrected chi connectivity index (χ1v) is 9.16. The quantitative estimate of drug-likeness (QED) is 0.859. The first-order chi connectivity index (χ1) is 10.4. The van der Waals surface area contributed by atoms with Gasteiger partial charge in [-0.3, -0.25) is 4.79 Å². The van der Waals surface area contributed by atoms with E-state index in [1.807, 2.05) is 35.8 Å². The van der Waals surface area contributed by atoms with Crippen molar-refractivity contribution in [3.05, 3.63) is 52.2 Å². The Morgan fingerprint density at radius 3 is 2.55 bits per heavy atom. The number of likely N-dealkylation sites (N-methyl/N-ethyl adjacent to an activating group) is 1. The highest BCUT2D eigenvalue weighted by molar-refractivity contribution is 7.90. The van der Waals surface area contributed by atoms with Gasteiger partial charge >= 0.3 is 0 Å². The number of hydrogen-bond acceptors (Lipinski definition) is 5. The van der Waals surface area contributed by atoms with Gasteiger partial charge in [-0.15, -0.1) is 0 Å². The molecule has 0 saturated heterocycles. The van der Waals surface area contributed by atoms with Crippen LogP contribution in [0.5, 0.6) is 0 Å². The summed E-state index contributed by atoms with van der Waals surface area (Å²) in [5.74, 6) is -0.447. The molecule has 1 aromatic carbocycles. The molecular weight excluding hydrogens is 320 g/mol. The van der Waals surface area contributed by atoms with Crippen LogP contribution in [-0.2, 0) is 10.0 Å². The molecule has 2 aromatic rings. The van der Waals surface area contributed by atoms with Gasteiger partial charge in [0.1, 0.15) is 4.90 Å². The zero-order valence-corrected chi connectivity index (χ0v) is 13.9. The molecule has 1 aromatic heterocycles. The van der Waals surface area contributed by atoms with Gasteiger partial charge in [-0.05, 0) is 48.6 Å². The molecule has 5 nitrogen and oxygen atoms in total. The van der Waals surface area contributed by atoms with Crippen molar-refractivity contribution in [1.29, 1.82) is 0 Å². The number of hydrogen-bond donors (Lipinski definition) is 0. The molecule has 2 heterocycles. The second-order valence-electron chi connectivity index (χ2n) is 5.37. The standard InChI is InChI=1S/C15H16N2O3S2/c1-16(2)13(11-7-8-21-10-11)9-17-15(18)12-5-3-4-6-14(12)22(17,19)20/h3-8,10,13H,9H2,1-2H3/t13-/m1/s1. The molecule has 3 rings (SSSR count). The third-order valence-electron chi connectivity index (χ3n) is 3.80. The average Bonchev–Trinajstić information content (AvgIpc) is 3.06. The minimum absolute atomic E-state index is 0.0998. The number of carbonyl (C=O) groups is 1. The lowest BCUT2D eigenvalue weighted by molar-refractivity contribution is 0.0845. The summed E-state index contributed by atoms with van der Waals surface area (Å²) in [6.45, 7) is 0.111. The molecule has 0 bridgehead atoms. The van der Waals surface area contributed by atoms with E-state index in [-0.39, 0.29) is 23.0 Å². The maximum Gasteiger partial charge on any atom is 0.269 e. The van der Waals surface area contributed by atoms with E-state index in [1.165, 1.54) is 6.07 Å². The Balaban J connectivity index is 1.98. The van der Waals surface area contributed by atoms with Gasteiger partial charge in [0.15, 0.2) is 0 Å². The highest BCUT2D eigenvalue weighted by Crippen LogP contribution is 2.33. The summed E-state index contributed by atoms with van der Waals surface area (Å²) in [5, 5.41) is 3.92. The van der Waals surface area contributed by atoms with Crippen LogP contribution in [0.2, 0.25) is 0 Å². The summed E-state index contributed by atoms with van der Waals surface area (Å²) in [6, 6.07) is 8.14. The monoisotopic (exact) mass is 336 g/mol. The van der Waals surface area contributed by atoms with E-state index < -0.39 is 15.9 Å². The Hall–Kier alpha value is -1.70. The number of carbonyl (C=O) groups excluding carboxylic acids is 1. The van der Waals surface area contributed by atoms with Gasteiger partial charge in [-0.2, -0.15) is 11.3 Å². The summed E-state index contributed by atoms with van der Waals surface area (Å²) in [5.41, 5.74) is 1.26. The van der Waals surface area contributed by atoms with Crippen molar-refractivity contribution in [3.63, 3.8) is 0 Å². The van der Waals surface area contributed by atoms with Gasteiger partial charge in [0.05, 0.1) is 18.2 Å². The zero-order valence-electron chi connectivity index (χ0n) is 12.3. The molecule has 0 unspecified atom stereocenters. The molecule has 0 radical (unpaired) electrons. The Morgan fingerprint density at radius 1 is 1.23 bits per heavy atom. The number of amides is 1. The molecule has 1 aliphatic rings. The van der Waals surface area contributed by atoms with Crippen LogP contribution in [0.3, 0.4) is 0 Å². The van der Waals surface area contributed by atoms with E-state index in [2.05, 4.69) is 0 Å². The Bertz CT molecular complexity index is 798. The van der Waals surface area contributed by atoms with Crippen LogP contribution in [0.15, 0.2) is 46.0 Å². The largest absolute Gasteiger partial charge is 0.301 e. The van der Waals surface area contributed by atoms with Crippen LogP contribution in [0.25, 0.3) is 0 Å². The Kier molecular flexibility index (Phi) is 3.80. The van der Waals surface area contributed by atoms with Gasteiger partial charge in [0, 0.05) is 0 Å². The second-order valence-corrected chi connectivity index (χ2v) is 7.98. The van der Waals surface area contributed by atoms with Gasteiger partial charge < -0.3 is 4.90 Å². The van der Waals surface area contributed by atoms with Crippen LogP contribution in [0, 0.1) is 0 Å². The predicted molar refractivity (Wildman–Crippen MR) is 85.4 cm³/mol. The number of fused-ring (bicyclic) bond motifs is 1. The SMILES string of the molecule is CN(C)[C@H](CN1C(=O)c2ccccc2S1(=O)=O)c1ccsc1. The number of nitrogens with zero attached hydrogens (tertiary/aromatic N) is 2. The van der Waals surface area contributed by atoms with Crippen molar-refractivity contribution >= 4 is 27.3 Å². The normalized spacial score (nSPS) is 17.8. The molecule has 0 spiro atoms. The molecule has 0 N–H and O–H groups in total. The Labute approximate surface area is 133 Å². The first kappa shape index (κ1) is 15.2. The molecule has 0 saturated carbocycles. The van der Waals surface area contributed by atoms with Gasteiger partial charge in [-0.1, -0.05) is 12.1 Å². The molecule has 7 heteroatoms. The van der Waals surface area contributed by atoms with Crippen molar-refractivity contribution in [2.24, 2.45) is 0 Å². The van der Waals surface area contributed by atoms with Gasteiger partial charge in [-0.25, -0.2) is 12.7 Å². The summed E-state index contributed by atoms with van der Waals surface area (Å²) in [6.07, 6.45) is 0. The van der Waals surface area contributed by atoms with Crippen molar-refractivity contribution in [2.45, 2.75) is 10.9 Å². The number of rotatable bonds is 4. The molecular formula is C15H16N2O3S2. The fourth-order valence-electron chi connectivity index (χ4n) is 2.60. The zero-order chi connectivity index (χ0) is 15.9. The van der Waals surface area contributed by atoms with Crippen molar-refractivity contribution in [2.75, 3.05) is 20.6 Å². The Morgan fingerprint density at radius 2 is 1.95 bits per heavy atom. The fraction of sp³-hybridized carbons (Fsp3) is 0.267. The van der Waals surface area contributed by atoms with E-state index in [0.29, 0.717) is 0 Å². The van der Waals surface area contributed by atoms with Crippen LogP contribution in [0.4, 0.5) is 0 Å². The fourth-order valence-corrected chi connectivity index (χ4v) is 4.88. The lowest BCUT2D eigenvalue weighted by Crippen LogP contribution is -2.38. The maximum absolute atomic E-state index is 12.6. The minimum Gasteiger partial charge on any atom is -0.301 e. The highest BCUT2D eigenvalue weighted by Gasteiger charge is 2.42. The maximum atomic E-state index is 12.6. The topological polar surface area (TPSA) is 57.7 Å². The smallest absolute Gasteiger partial charge is 0.269 e. The molecule has 1 amide bonds. The van der Waals surface area contributed by atoms with E-state index in [1.54, 1.807) is 29.5 Å². The van der Waals surface area contributed by atoms with E-state index in [4.69, 9.17) is 0 Å². The number of thiophene rings is 1. The van der Waals surface area contributed by atoms with Crippen LogP contribution >= 0.6 is 11.3 Å². The molecule has 1 aliphatic heterocycles. The highest BCUT2D eigenvalue weighted by atomic mass is 32.2. The van der Waals surface area contributed by atoms with Crippen molar-refractivity contribution in [1.82, 2.24) is 9.21 Å².